The van der Waals surface area contributed by atoms with Crippen LogP contribution in [0.15, 0.2) is 42.5 Å². The smallest absolute Gasteiger partial charge is 0.119 e. The Morgan fingerprint density at radius 2 is 1.76 bits per heavy atom. The number of aryl methyl sites for hydroxylation is 2. The lowest BCUT2D eigenvalue weighted by molar-refractivity contribution is 0.309. The molecular weight excluding hydrogens is 306 g/mol. The molecule has 0 heterocycles. The normalized spacial score (nSPS) is 14.8. The standard InChI is InChI=1S/C23H31NO/c1-2-3-14-25-23-12-8-18(9-13-23)15-22(17-24)21-11-10-19-6-4-5-7-20(19)16-21/h8-13,16,22H,2-7,14-15,17,24H2,1H3. The predicted molar refractivity (Wildman–Crippen MR) is 105 cm³/mol. The van der Waals surface area contributed by atoms with Crippen molar-refractivity contribution in [2.24, 2.45) is 5.73 Å². The topological polar surface area (TPSA) is 35.2 Å². The molecule has 0 spiro atoms. The highest BCUT2D eigenvalue weighted by Gasteiger charge is 2.15. The fourth-order valence-electron chi connectivity index (χ4n) is 3.69. The summed E-state index contributed by atoms with van der Waals surface area (Å²) in [5.41, 5.74) is 11.9. The number of hydrogen-bond donors (Lipinski definition) is 1. The fourth-order valence-corrected chi connectivity index (χ4v) is 3.69. The van der Waals surface area contributed by atoms with Gasteiger partial charge in [-0.15, -0.1) is 0 Å². The Morgan fingerprint density at radius 3 is 2.48 bits per heavy atom. The molecule has 1 atom stereocenters. The van der Waals surface area contributed by atoms with E-state index in [1.54, 1.807) is 11.1 Å². The first-order valence-electron chi connectivity index (χ1n) is 9.83. The third-order valence-corrected chi connectivity index (χ3v) is 5.30. The Hall–Kier alpha value is -1.80. The average molecular weight is 338 g/mol. The molecule has 2 N–H and O–H groups in total. The molecule has 2 nitrogen and oxygen atoms in total. The maximum atomic E-state index is 6.11. The van der Waals surface area contributed by atoms with Gasteiger partial charge in [-0.05, 0) is 79.5 Å². The maximum Gasteiger partial charge on any atom is 0.119 e. The van der Waals surface area contributed by atoms with E-state index in [0.29, 0.717) is 12.5 Å². The highest BCUT2D eigenvalue weighted by atomic mass is 16.5. The summed E-state index contributed by atoms with van der Waals surface area (Å²) in [5.74, 6) is 1.36. The van der Waals surface area contributed by atoms with Crippen molar-refractivity contribution >= 4 is 0 Å². The Morgan fingerprint density at radius 1 is 1.00 bits per heavy atom. The van der Waals surface area contributed by atoms with Crippen molar-refractivity contribution < 1.29 is 4.74 Å². The van der Waals surface area contributed by atoms with Gasteiger partial charge < -0.3 is 10.5 Å². The largest absolute Gasteiger partial charge is 0.494 e. The van der Waals surface area contributed by atoms with Crippen LogP contribution in [0.25, 0.3) is 0 Å². The van der Waals surface area contributed by atoms with Crippen LogP contribution in [0.1, 0.15) is 60.8 Å². The lowest BCUT2D eigenvalue weighted by atomic mass is 9.85. The summed E-state index contributed by atoms with van der Waals surface area (Å²) in [6, 6.07) is 15.6. The molecule has 0 fully saturated rings. The Bertz CT molecular complexity index is 662. The second-order valence-corrected chi connectivity index (χ2v) is 7.22. The molecule has 134 valence electrons. The molecule has 0 bridgehead atoms. The van der Waals surface area contributed by atoms with Gasteiger partial charge in [0.2, 0.25) is 0 Å². The third kappa shape index (κ3) is 4.85. The molecule has 2 heteroatoms. The molecule has 2 aromatic carbocycles. The number of rotatable bonds is 8. The number of ether oxygens (including phenoxy) is 1. The minimum absolute atomic E-state index is 0.388. The van der Waals surface area contributed by atoms with E-state index >= 15 is 0 Å². The second-order valence-electron chi connectivity index (χ2n) is 7.22. The summed E-state index contributed by atoms with van der Waals surface area (Å²) in [5, 5.41) is 0. The van der Waals surface area contributed by atoms with E-state index in [-0.39, 0.29) is 0 Å². The van der Waals surface area contributed by atoms with Crippen LogP contribution in [0.3, 0.4) is 0 Å². The Labute approximate surface area is 152 Å². The maximum absolute atomic E-state index is 6.11. The van der Waals surface area contributed by atoms with E-state index in [1.165, 1.54) is 36.8 Å². The molecule has 0 aliphatic heterocycles. The van der Waals surface area contributed by atoms with E-state index in [2.05, 4.69) is 49.4 Å². The zero-order valence-corrected chi connectivity index (χ0v) is 15.5. The summed E-state index contributed by atoms with van der Waals surface area (Å²) in [6.07, 6.45) is 8.38. The SMILES string of the molecule is CCCCOc1ccc(CC(CN)c2ccc3c(c2)CCCC3)cc1. The first-order chi connectivity index (χ1) is 12.3. The molecule has 1 aliphatic carbocycles. The van der Waals surface area contributed by atoms with Crippen molar-refractivity contribution in [3.63, 3.8) is 0 Å². The molecule has 2 aromatic rings. The van der Waals surface area contributed by atoms with Crippen molar-refractivity contribution in [1.82, 2.24) is 0 Å². The van der Waals surface area contributed by atoms with Gasteiger partial charge in [0.05, 0.1) is 6.61 Å². The molecule has 1 unspecified atom stereocenters. The van der Waals surface area contributed by atoms with E-state index in [0.717, 1.165) is 31.6 Å². The van der Waals surface area contributed by atoms with Crippen molar-refractivity contribution in [1.29, 1.82) is 0 Å². The fraction of sp³-hybridized carbons (Fsp3) is 0.478. The molecule has 25 heavy (non-hydrogen) atoms. The predicted octanol–water partition coefficient (Wildman–Crippen LogP) is 5.03. The van der Waals surface area contributed by atoms with Gasteiger partial charge in [0.25, 0.3) is 0 Å². The number of unbranched alkanes of at least 4 members (excludes halogenated alkanes) is 1. The highest BCUT2D eigenvalue weighted by Crippen LogP contribution is 2.27. The van der Waals surface area contributed by atoms with Crippen LogP contribution < -0.4 is 10.5 Å². The lowest BCUT2D eigenvalue weighted by Crippen LogP contribution is -2.16. The van der Waals surface area contributed by atoms with Crippen molar-refractivity contribution in [2.75, 3.05) is 13.2 Å². The minimum Gasteiger partial charge on any atom is -0.494 e. The van der Waals surface area contributed by atoms with Gasteiger partial charge in [-0.1, -0.05) is 43.7 Å². The van der Waals surface area contributed by atoms with Gasteiger partial charge in [0.1, 0.15) is 5.75 Å². The van der Waals surface area contributed by atoms with Crippen molar-refractivity contribution in [2.45, 2.75) is 57.8 Å². The molecule has 0 saturated carbocycles. The summed E-state index contributed by atoms with van der Waals surface area (Å²) >= 11 is 0. The van der Waals surface area contributed by atoms with Crippen LogP contribution in [0.4, 0.5) is 0 Å². The monoisotopic (exact) mass is 337 g/mol. The van der Waals surface area contributed by atoms with Gasteiger partial charge in [-0.2, -0.15) is 0 Å². The Kier molecular flexibility index (Phi) is 6.52. The first kappa shape index (κ1) is 18.0. The summed E-state index contributed by atoms with van der Waals surface area (Å²) in [4.78, 5) is 0. The van der Waals surface area contributed by atoms with Gasteiger partial charge >= 0.3 is 0 Å². The van der Waals surface area contributed by atoms with Crippen LogP contribution in [0.2, 0.25) is 0 Å². The van der Waals surface area contributed by atoms with Crippen LogP contribution in [0.5, 0.6) is 5.75 Å². The quantitative estimate of drug-likeness (QED) is 0.686. The summed E-state index contributed by atoms with van der Waals surface area (Å²) < 4.78 is 5.75. The number of hydrogen-bond acceptors (Lipinski definition) is 2. The minimum atomic E-state index is 0.388. The van der Waals surface area contributed by atoms with E-state index in [1.807, 2.05) is 0 Å². The van der Waals surface area contributed by atoms with E-state index in [9.17, 15) is 0 Å². The molecule has 0 radical (unpaired) electrons. The Balaban J connectivity index is 1.65. The van der Waals surface area contributed by atoms with Gasteiger partial charge in [0, 0.05) is 5.92 Å². The van der Waals surface area contributed by atoms with Crippen LogP contribution >= 0.6 is 0 Å². The molecule has 1 aliphatic rings. The van der Waals surface area contributed by atoms with E-state index in [4.69, 9.17) is 10.5 Å². The van der Waals surface area contributed by atoms with Gasteiger partial charge in [-0.3, -0.25) is 0 Å². The zero-order valence-electron chi connectivity index (χ0n) is 15.5. The van der Waals surface area contributed by atoms with Gasteiger partial charge in [0.15, 0.2) is 0 Å². The lowest BCUT2D eigenvalue weighted by Gasteiger charge is -2.21. The van der Waals surface area contributed by atoms with Crippen LogP contribution in [-0.4, -0.2) is 13.2 Å². The molecule has 3 rings (SSSR count). The molecule has 0 aromatic heterocycles. The highest BCUT2D eigenvalue weighted by molar-refractivity contribution is 5.37. The number of fused-ring (bicyclic) bond motifs is 1. The third-order valence-electron chi connectivity index (χ3n) is 5.30. The number of benzene rings is 2. The number of nitrogens with two attached hydrogens (primary N) is 1. The van der Waals surface area contributed by atoms with Crippen molar-refractivity contribution in [3.8, 4) is 5.75 Å². The zero-order chi connectivity index (χ0) is 17.5. The summed E-state index contributed by atoms with van der Waals surface area (Å²) in [6.45, 7) is 3.67. The summed E-state index contributed by atoms with van der Waals surface area (Å²) in [7, 11) is 0. The van der Waals surface area contributed by atoms with E-state index < -0.39 is 0 Å². The van der Waals surface area contributed by atoms with Crippen molar-refractivity contribution in [3.05, 3.63) is 64.7 Å². The molecule has 0 saturated heterocycles. The van der Waals surface area contributed by atoms with Gasteiger partial charge in [-0.25, -0.2) is 0 Å². The van der Waals surface area contributed by atoms with Crippen LogP contribution in [0, 0.1) is 0 Å². The first-order valence-corrected chi connectivity index (χ1v) is 9.83. The molecular formula is C23H31NO. The van der Waals surface area contributed by atoms with Crippen LogP contribution in [-0.2, 0) is 19.3 Å². The average Bonchev–Trinajstić information content (AvgIpc) is 2.67. The second kappa shape index (κ2) is 9.05. The molecule has 0 amide bonds.